The summed E-state index contributed by atoms with van der Waals surface area (Å²) >= 11 is 0. The molecule has 1 N–H and O–H groups in total. The zero-order valence-electron chi connectivity index (χ0n) is 9.97. The Hall–Kier alpha value is -2.42. The molecule has 0 aliphatic heterocycles. The summed E-state index contributed by atoms with van der Waals surface area (Å²) in [6, 6.07) is 12.8. The predicted molar refractivity (Wildman–Crippen MR) is 72.5 cm³/mol. The second kappa shape index (κ2) is 5.77. The lowest BCUT2D eigenvalue weighted by Crippen LogP contribution is -2.12. The number of carbonyl (C=O) groups is 1. The van der Waals surface area contributed by atoms with Gasteiger partial charge in [-0.2, -0.15) is 0 Å². The van der Waals surface area contributed by atoms with Crippen LogP contribution in [0.2, 0.25) is 0 Å². The number of allylic oxidation sites excluding steroid dienone is 1. The fourth-order valence-electron chi connectivity index (χ4n) is 1.58. The van der Waals surface area contributed by atoms with Crippen molar-refractivity contribution >= 4 is 11.7 Å². The molecule has 0 unspecified atom stereocenters. The lowest BCUT2D eigenvalue weighted by Gasteiger charge is -2.04. The topological polar surface area (TPSA) is 42.0 Å². The Morgan fingerprint density at radius 2 is 2.00 bits per heavy atom. The van der Waals surface area contributed by atoms with Crippen molar-refractivity contribution in [3.05, 3.63) is 72.4 Å². The number of aromatic nitrogens is 1. The SMILES string of the molecule is C=CCc1ccc(C(=O)Nc2ccccn2)cc1. The molecule has 0 atom stereocenters. The van der Waals surface area contributed by atoms with Gasteiger partial charge in [0.15, 0.2) is 0 Å². The normalized spacial score (nSPS) is 9.78. The minimum absolute atomic E-state index is 0.154. The number of pyridine rings is 1. The Balaban J connectivity index is 2.07. The summed E-state index contributed by atoms with van der Waals surface area (Å²) in [5, 5.41) is 2.74. The zero-order valence-corrected chi connectivity index (χ0v) is 9.97. The van der Waals surface area contributed by atoms with Gasteiger partial charge < -0.3 is 5.32 Å². The lowest BCUT2D eigenvalue weighted by molar-refractivity contribution is 0.102. The molecule has 2 aromatic rings. The van der Waals surface area contributed by atoms with E-state index in [0.29, 0.717) is 11.4 Å². The highest BCUT2D eigenvalue weighted by Crippen LogP contribution is 2.08. The van der Waals surface area contributed by atoms with Gasteiger partial charge in [-0.15, -0.1) is 6.58 Å². The van der Waals surface area contributed by atoms with Crippen molar-refractivity contribution in [2.45, 2.75) is 6.42 Å². The molecule has 1 aromatic heterocycles. The van der Waals surface area contributed by atoms with Crippen LogP contribution >= 0.6 is 0 Å². The Kier molecular flexibility index (Phi) is 3.86. The number of amides is 1. The summed E-state index contributed by atoms with van der Waals surface area (Å²) in [7, 11) is 0. The summed E-state index contributed by atoms with van der Waals surface area (Å²) in [5.74, 6) is 0.400. The van der Waals surface area contributed by atoms with Crippen LogP contribution in [0.5, 0.6) is 0 Å². The van der Waals surface area contributed by atoms with Gasteiger partial charge in [-0.25, -0.2) is 4.98 Å². The number of benzene rings is 1. The average molecular weight is 238 g/mol. The number of hydrogen-bond donors (Lipinski definition) is 1. The average Bonchev–Trinajstić information content (AvgIpc) is 2.41. The highest BCUT2D eigenvalue weighted by Gasteiger charge is 2.05. The monoisotopic (exact) mass is 238 g/mol. The second-order valence-electron chi connectivity index (χ2n) is 3.86. The number of hydrogen-bond acceptors (Lipinski definition) is 2. The maximum absolute atomic E-state index is 11.9. The molecule has 18 heavy (non-hydrogen) atoms. The number of carbonyl (C=O) groups excluding carboxylic acids is 1. The molecule has 0 aliphatic carbocycles. The van der Waals surface area contributed by atoms with Crippen molar-refractivity contribution in [2.24, 2.45) is 0 Å². The van der Waals surface area contributed by atoms with Crippen LogP contribution < -0.4 is 5.32 Å². The van der Waals surface area contributed by atoms with E-state index in [1.807, 2.05) is 24.3 Å². The molecule has 1 amide bonds. The Morgan fingerprint density at radius 1 is 1.22 bits per heavy atom. The van der Waals surface area contributed by atoms with Gasteiger partial charge >= 0.3 is 0 Å². The van der Waals surface area contributed by atoms with Crippen molar-refractivity contribution in [1.82, 2.24) is 4.98 Å². The first kappa shape index (κ1) is 12.0. The van der Waals surface area contributed by atoms with E-state index in [1.165, 1.54) is 0 Å². The number of nitrogens with one attached hydrogen (secondary N) is 1. The van der Waals surface area contributed by atoms with Crippen LogP contribution in [0.15, 0.2) is 61.3 Å². The fourth-order valence-corrected chi connectivity index (χ4v) is 1.58. The molecule has 90 valence electrons. The molecule has 0 spiro atoms. The van der Waals surface area contributed by atoms with Gasteiger partial charge in [0.2, 0.25) is 0 Å². The predicted octanol–water partition coefficient (Wildman–Crippen LogP) is 3.06. The van der Waals surface area contributed by atoms with Gasteiger partial charge in [-0.05, 0) is 36.2 Å². The van der Waals surface area contributed by atoms with E-state index >= 15 is 0 Å². The molecule has 1 heterocycles. The third-order valence-corrected chi connectivity index (χ3v) is 2.50. The van der Waals surface area contributed by atoms with Crippen molar-refractivity contribution in [3.8, 4) is 0 Å². The van der Waals surface area contributed by atoms with Gasteiger partial charge in [0, 0.05) is 11.8 Å². The molecule has 2 rings (SSSR count). The highest BCUT2D eigenvalue weighted by molar-refractivity contribution is 6.03. The van der Waals surface area contributed by atoms with Crippen LogP contribution in [0.4, 0.5) is 5.82 Å². The first-order valence-electron chi connectivity index (χ1n) is 5.72. The standard InChI is InChI=1S/C15H14N2O/c1-2-5-12-7-9-13(10-8-12)15(18)17-14-6-3-4-11-16-14/h2-4,6-11H,1,5H2,(H,16,17,18). The van der Waals surface area contributed by atoms with E-state index in [4.69, 9.17) is 0 Å². The quantitative estimate of drug-likeness (QED) is 0.832. The number of rotatable bonds is 4. The first-order chi connectivity index (χ1) is 8.79. The summed E-state index contributed by atoms with van der Waals surface area (Å²) in [5.41, 5.74) is 1.76. The minimum Gasteiger partial charge on any atom is -0.307 e. The first-order valence-corrected chi connectivity index (χ1v) is 5.72. The largest absolute Gasteiger partial charge is 0.307 e. The number of anilines is 1. The van der Waals surface area contributed by atoms with E-state index in [0.717, 1.165) is 12.0 Å². The maximum Gasteiger partial charge on any atom is 0.256 e. The van der Waals surface area contributed by atoms with Crippen molar-refractivity contribution in [3.63, 3.8) is 0 Å². The van der Waals surface area contributed by atoms with Crippen LogP contribution in [-0.4, -0.2) is 10.9 Å². The van der Waals surface area contributed by atoms with Gasteiger partial charge in [0.05, 0.1) is 0 Å². The number of nitrogens with zero attached hydrogens (tertiary/aromatic N) is 1. The molecule has 0 aliphatic rings. The highest BCUT2D eigenvalue weighted by atomic mass is 16.1. The summed E-state index contributed by atoms with van der Waals surface area (Å²) in [6.07, 6.45) is 4.29. The van der Waals surface area contributed by atoms with E-state index in [-0.39, 0.29) is 5.91 Å². The van der Waals surface area contributed by atoms with Crippen LogP contribution in [-0.2, 0) is 6.42 Å². The molecule has 0 saturated heterocycles. The van der Waals surface area contributed by atoms with E-state index in [2.05, 4.69) is 16.9 Å². The molecule has 1 aromatic carbocycles. The molecule has 0 radical (unpaired) electrons. The molecule has 0 fully saturated rings. The Bertz CT molecular complexity index is 532. The van der Waals surface area contributed by atoms with E-state index < -0.39 is 0 Å². The minimum atomic E-state index is -0.154. The lowest BCUT2D eigenvalue weighted by atomic mass is 10.1. The Labute approximate surface area is 106 Å². The van der Waals surface area contributed by atoms with Gasteiger partial charge in [-0.3, -0.25) is 4.79 Å². The van der Waals surface area contributed by atoms with Crippen molar-refractivity contribution in [1.29, 1.82) is 0 Å². The molecule has 0 saturated carbocycles. The van der Waals surface area contributed by atoms with Crippen LogP contribution in [0.1, 0.15) is 15.9 Å². The summed E-state index contributed by atoms with van der Waals surface area (Å²) < 4.78 is 0. The maximum atomic E-state index is 11.9. The second-order valence-corrected chi connectivity index (χ2v) is 3.86. The van der Waals surface area contributed by atoms with Gasteiger partial charge in [0.1, 0.15) is 5.82 Å². The Morgan fingerprint density at radius 3 is 2.61 bits per heavy atom. The molecule has 3 heteroatoms. The van der Waals surface area contributed by atoms with Crippen LogP contribution in [0.25, 0.3) is 0 Å². The van der Waals surface area contributed by atoms with E-state index in [1.54, 1.807) is 30.5 Å². The third kappa shape index (κ3) is 3.04. The zero-order chi connectivity index (χ0) is 12.8. The van der Waals surface area contributed by atoms with Crippen molar-refractivity contribution < 1.29 is 4.79 Å². The van der Waals surface area contributed by atoms with Crippen LogP contribution in [0, 0.1) is 0 Å². The third-order valence-electron chi connectivity index (χ3n) is 2.50. The van der Waals surface area contributed by atoms with Crippen LogP contribution in [0.3, 0.4) is 0 Å². The fraction of sp³-hybridized carbons (Fsp3) is 0.0667. The summed E-state index contributed by atoms with van der Waals surface area (Å²) in [4.78, 5) is 16.0. The van der Waals surface area contributed by atoms with Crippen molar-refractivity contribution in [2.75, 3.05) is 5.32 Å². The molecule has 0 bridgehead atoms. The molecular formula is C15H14N2O. The van der Waals surface area contributed by atoms with Gasteiger partial charge in [0.25, 0.3) is 5.91 Å². The smallest absolute Gasteiger partial charge is 0.256 e. The molecule has 3 nitrogen and oxygen atoms in total. The summed E-state index contributed by atoms with van der Waals surface area (Å²) in [6.45, 7) is 3.68. The molecular weight excluding hydrogens is 224 g/mol. The van der Waals surface area contributed by atoms with E-state index in [9.17, 15) is 4.79 Å². The van der Waals surface area contributed by atoms with Gasteiger partial charge in [-0.1, -0.05) is 24.3 Å².